The molecule has 21 heavy (non-hydrogen) atoms. The maximum absolute atomic E-state index is 12.0. The standard InChI is InChI=1S/C17H25N3O/c1-12(2)11-20-8-7-14-9-15(5-6-16(14)20)19-17(21)13(3)10-18-4/h5-9,12-13,18H,10-11H2,1-4H3,(H,19,21). The van der Waals surface area contributed by atoms with Gasteiger partial charge in [-0.3, -0.25) is 4.79 Å². The Bertz CT molecular complexity index is 616. The van der Waals surface area contributed by atoms with Crippen LogP contribution in [0.15, 0.2) is 30.5 Å². The molecule has 2 N–H and O–H groups in total. The molecule has 0 saturated heterocycles. The molecule has 1 aromatic heterocycles. The number of hydrogen-bond acceptors (Lipinski definition) is 2. The van der Waals surface area contributed by atoms with E-state index < -0.39 is 0 Å². The van der Waals surface area contributed by atoms with Gasteiger partial charge in [0.15, 0.2) is 0 Å². The van der Waals surface area contributed by atoms with Crippen molar-refractivity contribution >= 4 is 22.5 Å². The minimum atomic E-state index is -0.0452. The van der Waals surface area contributed by atoms with Crippen molar-refractivity contribution in [3.05, 3.63) is 30.5 Å². The lowest BCUT2D eigenvalue weighted by Crippen LogP contribution is -2.28. The van der Waals surface area contributed by atoms with Gasteiger partial charge < -0.3 is 15.2 Å². The summed E-state index contributed by atoms with van der Waals surface area (Å²) in [7, 11) is 1.85. The van der Waals surface area contributed by atoms with Crippen LogP contribution in [-0.4, -0.2) is 24.1 Å². The lowest BCUT2D eigenvalue weighted by Gasteiger charge is -2.12. The molecular formula is C17H25N3O. The van der Waals surface area contributed by atoms with Crippen LogP contribution in [0, 0.1) is 11.8 Å². The van der Waals surface area contributed by atoms with E-state index in [0.29, 0.717) is 12.5 Å². The molecule has 114 valence electrons. The van der Waals surface area contributed by atoms with Crippen LogP contribution in [0.25, 0.3) is 10.9 Å². The highest BCUT2D eigenvalue weighted by atomic mass is 16.1. The average Bonchev–Trinajstić information content (AvgIpc) is 2.81. The number of hydrogen-bond donors (Lipinski definition) is 2. The van der Waals surface area contributed by atoms with Crippen molar-refractivity contribution in [2.24, 2.45) is 11.8 Å². The number of carbonyl (C=O) groups is 1. The molecule has 4 heteroatoms. The molecule has 0 aliphatic carbocycles. The zero-order chi connectivity index (χ0) is 15.4. The number of rotatable bonds is 6. The Kier molecular flexibility index (Phi) is 5.02. The topological polar surface area (TPSA) is 46.1 Å². The fourth-order valence-electron chi connectivity index (χ4n) is 2.49. The molecular weight excluding hydrogens is 262 g/mol. The number of nitrogens with zero attached hydrogens (tertiary/aromatic N) is 1. The lowest BCUT2D eigenvalue weighted by molar-refractivity contribution is -0.119. The number of fused-ring (bicyclic) bond motifs is 1. The predicted molar refractivity (Wildman–Crippen MR) is 88.5 cm³/mol. The zero-order valence-electron chi connectivity index (χ0n) is 13.3. The molecule has 2 rings (SSSR count). The zero-order valence-corrected chi connectivity index (χ0v) is 13.3. The normalized spacial score (nSPS) is 12.8. The highest BCUT2D eigenvalue weighted by Crippen LogP contribution is 2.21. The second-order valence-corrected chi connectivity index (χ2v) is 6.08. The van der Waals surface area contributed by atoms with Gasteiger partial charge in [-0.2, -0.15) is 0 Å². The molecule has 0 saturated carbocycles. The summed E-state index contributed by atoms with van der Waals surface area (Å²) in [5.41, 5.74) is 2.07. The highest BCUT2D eigenvalue weighted by molar-refractivity contribution is 5.95. The molecule has 0 bridgehead atoms. The van der Waals surface area contributed by atoms with Crippen LogP contribution in [0.3, 0.4) is 0 Å². The maximum atomic E-state index is 12.0. The number of benzene rings is 1. The number of amides is 1. The van der Waals surface area contributed by atoms with E-state index in [9.17, 15) is 4.79 Å². The highest BCUT2D eigenvalue weighted by Gasteiger charge is 2.12. The fraction of sp³-hybridized carbons (Fsp3) is 0.471. The van der Waals surface area contributed by atoms with Crippen molar-refractivity contribution in [3.63, 3.8) is 0 Å². The van der Waals surface area contributed by atoms with Gasteiger partial charge in [-0.1, -0.05) is 20.8 Å². The number of carbonyl (C=O) groups excluding carboxylic acids is 1. The minimum Gasteiger partial charge on any atom is -0.347 e. The molecule has 1 aromatic carbocycles. The van der Waals surface area contributed by atoms with Crippen LogP contribution in [-0.2, 0) is 11.3 Å². The lowest BCUT2D eigenvalue weighted by atomic mass is 10.1. The van der Waals surface area contributed by atoms with Gasteiger partial charge in [0.25, 0.3) is 0 Å². The van der Waals surface area contributed by atoms with E-state index in [4.69, 9.17) is 0 Å². The van der Waals surface area contributed by atoms with Crippen LogP contribution in [0.4, 0.5) is 5.69 Å². The summed E-state index contributed by atoms with van der Waals surface area (Å²) in [6, 6.07) is 8.19. The molecule has 2 aromatic rings. The second kappa shape index (κ2) is 6.76. The first-order chi connectivity index (χ1) is 10.0. The minimum absolute atomic E-state index is 0.0452. The Morgan fingerprint density at radius 1 is 1.24 bits per heavy atom. The molecule has 1 atom stereocenters. The second-order valence-electron chi connectivity index (χ2n) is 6.08. The van der Waals surface area contributed by atoms with Crippen molar-refractivity contribution in [1.29, 1.82) is 0 Å². The summed E-state index contributed by atoms with van der Waals surface area (Å²) >= 11 is 0. The van der Waals surface area contributed by atoms with Crippen molar-refractivity contribution in [3.8, 4) is 0 Å². The van der Waals surface area contributed by atoms with Crippen LogP contribution >= 0.6 is 0 Å². The summed E-state index contributed by atoms with van der Waals surface area (Å²) < 4.78 is 2.26. The number of nitrogens with one attached hydrogen (secondary N) is 2. The molecule has 0 aliphatic heterocycles. The smallest absolute Gasteiger partial charge is 0.228 e. The SMILES string of the molecule is CNCC(C)C(=O)Nc1ccc2c(ccn2CC(C)C)c1. The summed E-state index contributed by atoms with van der Waals surface area (Å²) in [5, 5.41) is 7.16. The van der Waals surface area contributed by atoms with Gasteiger partial charge in [0.05, 0.1) is 0 Å². The van der Waals surface area contributed by atoms with E-state index in [1.165, 1.54) is 5.52 Å². The molecule has 1 unspecified atom stereocenters. The van der Waals surface area contributed by atoms with Gasteiger partial charge >= 0.3 is 0 Å². The van der Waals surface area contributed by atoms with E-state index in [1.54, 1.807) is 0 Å². The largest absolute Gasteiger partial charge is 0.347 e. The number of anilines is 1. The van der Waals surface area contributed by atoms with Crippen molar-refractivity contribution in [1.82, 2.24) is 9.88 Å². The Balaban J connectivity index is 2.14. The summed E-state index contributed by atoms with van der Waals surface area (Å²) in [6.45, 7) is 8.03. The van der Waals surface area contributed by atoms with E-state index >= 15 is 0 Å². The summed E-state index contributed by atoms with van der Waals surface area (Å²) in [5.74, 6) is 0.615. The first kappa shape index (κ1) is 15.6. The first-order valence-electron chi connectivity index (χ1n) is 7.55. The van der Waals surface area contributed by atoms with Gasteiger partial charge in [-0.25, -0.2) is 0 Å². The quantitative estimate of drug-likeness (QED) is 0.857. The molecule has 0 spiro atoms. The Hall–Kier alpha value is -1.81. The Morgan fingerprint density at radius 3 is 2.67 bits per heavy atom. The molecule has 0 aliphatic rings. The van der Waals surface area contributed by atoms with Crippen LogP contribution in [0.2, 0.25) is 0 Å². The molecule has 0 radical (unpaired) electrons. The molecule has 0 fully saturated rings. The van der Waals surface area contributed by atoms with Gasteiger partial charge in [0.1, 0.15) is 0 Å². The Morgan fingerprint density at radius 2 is 2.00 bits per heavy atom. The van der Waals surface area contributed by atoms with E-state index in [0.717, 1.165) is 17.6 Å². The van der Waals surface area contributed by atoms with Crippen LogP contribution < -0.4 is 10.6 Å². The van der Waals surface area contributed by atoms with Gasteiger partial charge in [-0.15, -0.1) is 0 Å². The maximum Gasteiger partial charge on any atom is 0.228 e. The third-order valence-electron chi connectivity index (χ3n) is 3.56. The van der Waals surface area contributed by atoms with Gasteiger partial charge in [-0.05, 0) is 37.2 Å². The molecule has 4 nitrogen and oxygen atoms in total. The van der Waals surface area contributed by atoms with Crippen LogP contribution in [0.1, 0.15) is 20.8 Å². The Labute approximate surface area is 126 Å². The van der Waals surface area contributed by atoms with E-state index in [-0.39, 0.29) is 11.8 Å². The van der Waals surface area contributed by atoms with Crippen molar-refractivity contribution in [2.45, 2.75) is 27.3 Å². The van der Waals surface area contributed by atoms with Crippen molar-refractivity contribution < 1.29 is 4.79 Å². The molecule has 1 amide bonds. The van der Waals surface area contributed by atoms with Gasteiger partial charge in [0.2, 0.25) is 5.91 Å². The average molecular weight is 287 g/mol. The fourth-order valence-corrected chi connectivity index (χ4v) is 2.49. The third kappa shape index (κ3) is 3.85. The van der Waals surface area contributed by atoms with Crippen LogP contribution in [0.5, 0.6) is 0 Å². The number of aromatic nitrogens is 1. The van der Waals surface area contributed by atoms with E-state index in [1.807, 2.05) is 26.1 Å². The molecule has 1 heterocycles. The monoisotopic (exact) mass is 287 g/mol. The predicted octanol–water partition coefficient (Wildman–Crippen LogP) is 3.09. The third-order valence-corrected chi connectivity index (χ3v) is 3.56. The summed E-state index contributed by atoms with van der Waals surface area (Å²) in [4.78, 5) is 12.0. The summed E-state index contributed by atoms with van der Waals surface area (Å²) in [6.07, 6.45) is 2.11. The van der Waals surface area contributed by atoms with Crippen molar-refractivity contribution in [2.75, 3.05) is 18.9 Å². The first-order valence-corrected chi connectivity index (χ1v) is 7.55. The van der Waals surface area contributed by atoms with Gasteiger partial charge in [0, 0.05) is 41.8 Å². The van der Waals surface area contributed by atoms with E-state index in [2.05, 4.69) is 47.4 Å².